The van der Waals surface area contributed by atoms with E-state index in [1.165, 1.54) is 30.3 Å². The lowest BCUT2D eigenvalue weighted by Crippen LogP contribution is -2.39. The number of amidine groups is 1. The molecule has 2 aliphatic rings. The number of hydrogen-bond acceptors (Lipinski definition) is 6. The van der Waals surface area contributed by atoms with Gasteiger partial charge in [-0.05, 0) is 48.4 Å². The Morgan fingerprint density at radius 1 is 1.03 bits per heavy atom. The maximum atomic E-state index is 12.5. The van der Waals surface area contributed by atoms with Crippen LogP contribution in [0.2, 0.25) is 0 Å². The molecule has 2 aromatic carbocycles. The average Bonchev–Trinajstić information content (AvgIpc) is 3.12. The summed E-state index contributed by atoms with van der Waals surface area (Å²) in [6.45, 7) is 3.80. The van der Waals surface area contributed by atoms with Crippen LogP contribution in [0.15, 0.2) is 59.7 Å². The lowest BCUT2D eigenvalue weighted by molar-refractivity contribution is -0.274. The number of ether oxygens (including phenoxy) is 2. The molecule has 0 aromatic heterocycles. The average molecular weight is 431 g/mol. The Balaban J connectivity index is 1.34. The number of benzene rings is 2. The fraction of sp³-hybridized carbons (Fsp3) is 0.273. The lowest BCUT2D eigenvalue weighted by Gasteiger charge is -2.25. The van der Waals surface area contributed by atoms with Gasteiger partial charge in [0, 0.05) is 6.54 Å². The van der Waals surface area contributed by atoms with Crippen molar-refractivity contribution in [2.45, 2.75) is 13.3 Å². The third-order valence-electron chi connectivity index (χ3n) is 4.85. The number of fused-ring (bicyclic) bond motifs is 1. The zero-order valence-electron chi connectivity index (χ0n) is 16.7. The third kappa shape index (κ3) is 5.17. The van der Waals surface area contributed by atoms with Gasteiger partial charge in [0.05, 0.1) is 6.54 Å². The van der Waals surface area contributed by atoms with Crippen LogP contribution in [0.25, 0.3) is 5.57 Å². The van der Waals surface area contributed by atoms with Crippen LogP contribution >= 0.6 is 0 Å². The summed E-state index contributed by atoms with van der Waals surface area (Å²) in [7, 11) is 0. The molecule has 0 saturated carbocycles. The van der Waals surface area contributed by atoms with E-state index in [9.17, 15) is 18.0 Å². The number of alkyl halides is 3. The molecule has 0 amide bonds. The van der Waals surface area contributed by atoms with Gasteiger partial charge in [0.2, 0.25) is 5.78 Å². The second-order valence-electron chi connectivity index (χ2n) is 7.26. The second kappa shape index (κ2) is 8.33. The molecule has 2 aromatic rings. The van der Waals surface area contributed by atoms with E-state index in [0.29, 0.717) is 43.3 Å². The van der Waals surface area contributed by atoms with Crippen molar-refractivity contribution in [3.63, 3.8) is 0 Å². The first-order valence-electron chi connectivity index (χ1n) is 9.66. The Kier molecular flexibility index (Phi) is 5.58. The predicted octanol–water partition coefficient (Wildman–Crippen LogP) is 3.83. The monoisotopic (exact) mass is 431 g/mol. The minimum Gasteiger partial charge on any atom is -0.492 e. The van der Waals surface area contributed by atoms with Crippen LogP contribution in [0.5, 0.6) is 11.5 Å². The summed E-state index contributed by atoms with van der Waals surface area (Å²) in [5.41, 5.74) is 2.52. The summed E-state index contributed by atoms with van der Waals surface area (Å²) < 4.78 is 46.6. The molecule has 162 valence electrons. The van der Waals surface area contributed by atoms with Crippen LogP contribution in [0.3, 0.4) is 0 Å². The Morgan fingerprint density at radius 2 is 1.71 bits per heavy atom. The third-order valence-corrected chi connectivity index (χ3v) is 4.85. The van der Waals surface area contributed by atoms with E-state index < -0.39 is 6.36 Å². The van der Waals surface area contributed by atoms with Gasteiger partial charge in [-0.2, -0.15) is 5.10 Å². The van der Waals surface area contributed by atoms with Crippen molar-refractivity contribution in [3.8, 4) is 11.5 Å². The maximum absolute atomic E-state index is 12.5. The summed E-state index contributed by atoms with van der Waals surface area (Å²) in [6.07, 6.45) is -3.27. The Morgan fingerprint density at radius 3 is 2.39 bits per heavy atom. The van der Waals surface area contributed by atoms with Crippen molar-refractivity contribution < 1.29 is 27.4 Å². The van der Waals surface area contributed by atoms with Crippen LogP contribution < -0.4 is 9.47 Å². The molecular formula is C22H20F3N3O3. The SMILES string of the molecule is Cc1ccc(OCCN2CN3CC(c4ccc(OC(F)(F)F)cc4)=CC(=O)C3=N2)cc1. The molecule has 0 fully saturated rings. The van der Waals surface area contributed by atoms with Gasteiger partial charge in [0.15, 0.2) is 5.84 Å². The maximum Gasteiger partial charge on any atom is 0.573 e. The smallest absolute Gasteiger partial charge is 0.492 e. The first-order chi connectivity index (χ1) is 14.8. The van der Waals surface area contributed by atoms with Crippen LogP contribution in [0, 0.1) is 6.92 Å². The fourth-order valence-electron chi connectivity index (χ4n) is 3.37. The Bertz CT molecular complexity index is 1020. The van der Waals surface area contributed by atoms with Crippen LogP contribution in [-0.2, 0) is 4.79 Å². The minimum absolute atomic E-state index is 0.237. The van der Waals surface area contributed by atoms with Crippen LogP contribution in [-0.4, -0.2) is 54.3 Å². The first-order valence-corrected chi connectivity index (χ1v) is 9.66. The topological polar surface area (TPSA) is 54.4 Å². The van der Waals surface area contributed by atoms with Crippen molar-refractivity contribution in [1.82, 2.24) is 9.91 Å². The molecule has 0 aliphatic carbocycles. The Hall–Kier alpha value is -3.49. The highest BCUT2D eigenvalue weighted by molar-refractivity contribution is 6.45. The van der Waals surface area contributed by atoms with Gasteiger partial charge in [-0.15, -0.1) is 13.2 Å². The van der Waals surface area contributed by atoms with Crippen molar-refractivity contribution in [1.29, 1.82) is 0 Å². The quantitative estimate of drug-likeness (QED) is 0.696. The number of hydrogen-bond donors (Lipinski definition) is 0. The van der Waals surface area contributed by atoms with E-state index in [-0.39, 0.29) is 11.5 Å². The number of carbonyl (C=O) groups excluding carboxylic acids is 1. The normalized spacial score (nSPS) is 16.1. The van der Waals surface area contributed by atoms with Gasteiger partial charge < -0.3 is 14.4 Å². The molecule has 0 saturated heterocycles. The largest absolute Gasteiger partial charge is 0.573 e. The molecule has 6 nitrogen and oxygen atoms in total. The van der Waals surface area contributed by atoms with Crippen LogP contribution in [0.1, 0.15) is 11.1 Å². The van der Waals surface area contributed by atoms with E-state index in [1.54, 1.807) is 5.01 Å². The van der Waals surface area contributed by atoms with E-state index in [2.05, 4.69) is 9.84 Å². The summed E-state index contributed by atoms with van der Waals surface area (Å²) in [5, 5.41) is 6.14. The van der Waals surface area contributed by atoms with Gasteiger partial charge in [0.25, 0.3) is 0 Å². The second-order valence-corrected chi connectivity index (χ2v) is 7.26. The molecule has 0 spiro atoms. The highest BCUT2D eigenvalue weighted by Crippen LogP contribution is 2.27. The highest BCUT2D eigenvalue weighted by Gasteiger charge is 2.33. The zero-order chi connectivity index (χ0) is 22.0. The molecule has 2 aliphatic heterocycles. The number of nitrogens with zero attached hydrogens (tertiary/aromatic N) is 3. The summed E-state index contributed by atoms with van der Waals surface area (Å²) in [5.74, 6) is 0.588. The van der Waals surface area contributed by atoms with E-state index >= 15 is 0 Å². The zero-order valence-corrected chi connectivity index (χ0v) is 16.7. The Labute approximate surface area is 177 Å². The van der Waals surface area contributed by atoms with E-state index in [1.807, 2.05) is 36.1 Å². The highest BCUT2D eigenvalue weighted by atomic mass is 19.4. The number of ketones is 1. The minimum atomic E-state index is -4.74. The van der Waals surface area contributed by atoms with Crippen LogP contribution in [0.4, 0.5) is 13.2 Å². The van der Waals surface area contributed by atoms with E-state index in [0.717, 1.165) is 11.3 Å². The van der Waals surface area contributed by atoms with Gasteiger partial charge in [-0.1, -0.05) is 29.8 Å². The molecule has 0 radical (unpaired) electrons. The predicted molar refractivity (Wildman–Crippen MR) is 108 cm³/mol. The summed E-state index contributed by atoms with van der Waals surface area (Å²) >= 11 is 0. The van der Waals surface area contributed by atoms with Gasteiger partial charge in [0.1, 0.15) is 24.8 Å². The van der Waals surface area contributed by atoms with Crippen molar-refractivity contribution in [2.75, 3.05) is 26.4 Å². The van der Waals surface area contributed by atoms with Crippen molar-refractivity contribution >= 4 is 17.2 Å². The van der Waals surface area contributed by atoms with Gasteiger partial charge in [-0.3, -0.25) is 9.80 Å². The summed E-state index contributed by atoms with van der Waals surface area (Å²) in [6, 6.07) is 13.2. The van der Waals surface area contributed by atoms with Crippen molar-refractivity contribution in [2.24, 2.45) is 5.10 Å². The molecule has 0 N–H and O–H groups in total. The lowest BCUT2D eigenvalue weighted by atomic mass is 10.0. The fourth-order valence-corrected chi connectivity index (χ4v) is 3.37. The molecule has 31 heavy (non-hydrogen) atoms. The number of rotatable bonds is 6. The molecule has 0 atom stereocenters. The summed E-state index contributed by atoms with van der Waals surface area (Å²) in [4.78, 5) is 14.3. The molecule has 0 bridgehead atoms. The van der Waals surface area contributed by atoms with E-state index in [4.69, 9.17) is 4.74 Å². The van der Waals surface area contributed by atoms with Crippen molar-refractivity contribution in [3.05, 3.63) is 65.7 Å². The molecule has 4 rings (SSSR count). The van der Waals surface area contributed by atoms with Gasteiger partial charge in [-0.25, -0.2) is 0 Å². The number of aryl methyl sites for hydroxylation is 1. The number of carbonyl (C=O) groups is 1. The molecule has 0 unspecified atom stereocenters. The first kappa shape index (κ1) is 20.8. The molecular weight excluding hydrogens is 411 g/mol. The molecule has 9 heteroatoms. The standard InChI is InChI=1S/C22H20F3N3O3/c1-15-2-6-18(7-3-15)30-11-10-28-14-27-13-17(12-20(29)21(27)26-28)16-4-8-19(9-5-16)31-22(23,24)25/h2-9,12H,10-11,13-14H2,1H3. The number of hydrazone groups is 1. The van der Waals surface area contributed by atoms with Gasteiger partial charge >= 0.3 is 6.36 Å². The number of halogens is 3. The molecule has 2 heterocycles.